The normalized spacial score (nSPS) is 22.9. The summed E-state index contributed by atoms with van der Waals surface area (Å²) in [7, 11) is 2.43. The molecule has 7 rings (SSSR count). The largest absolute Gasteiger partial charge is 0.506 e. The first kappa shape index (κ1) is 79.3. The molecular formula is C68H88ClN11O17S3. The van der Waals surface area contributed by atoms with Crippen LogP contribution in [0, 0.1) is 23.7 Å². The first-order chi connectivity index (χ1) is 47.5. The Morgan fingerprint density at radius 2 is 1.39 bits per heavy atom. The van der Waals surface area contributed by atoms with Crippen molar-refractivity contribution in [1.82, 2.24) is 50.8 Å². The smallest absolute Gasteiger partial charge is 0.317 e. The molecule has 32 heteroatoms. The van der Waals surface area contributed by atoms with E-state index in [4.69, 9.17) is 23.8 Å². The van der Waals surface area contributed by atoms with Crippen molar-refractivity contribution < 1.29 is 83.4 Å². The summed E-state index contributed by atoms with van der Waals surface area (Å²) >= 11 is 12.1. The van der Waals surface area contributed by atoms with Crippen molar-refractivity contribution in [3.63, 3.8) is 0 Å². The number of fused-ring (bicyclic) bond motifs is 1. The van der Waals surface area contributed by atoms with Gasteiger partial charge in [0.15, 0.2) is 22.5 Å². The molecule has 0 bridgehead atoms. The SMILES string of the molecule is CC(C)C[C@@H]1CC(=O)[C@H](CC(=O)O)NC(=O)[C@H](Cc2ccc(O)c(Cl)c2)CC(=O)[C@@H]2C[C@@H](O)CN2C(=O)[C@@H](NC(=O)[C@@H](CC(=O)[C@H](Cc2ccccc2)NC(=S)Nc2ccc(CC3CN(CC(=O)O)CCN(CC(=O)O)CCN3CC(=O)O)cc2)Cc2cnc[nH]2)CSSC[C@@H](C)NC1=O. The number of carbonyl (C=O) groups is 11. The minimum atomic E-state index is -1.63. The zero-order valence-electron chi connectivity index (χ0n) is 55.8. The number of phenols is 1. The van der Waals surface area contributed by atoms with E-state index in [1.54, 1.807) is 58.0 Å². The van der Waals surface area contributed by atoms with Crippen molar-refractivity contribution in [3.05, 3.63) is 113 Å². The lowest BCUT2D eigenvalue weighted by Crippen LogP contribution is -2.54. The van der Waals surface area contributed by atoms with Crippen LogP contribution in [-0.2, 0) is 78.4 Å². The summed E-state index contributed by atoms with van der Waals surface area (Å²) in [5.41, 5.74) is 2.85. The van der Waals surface area contributed by atoms with Crippen LogP contribution in [0.3, 0.4) is 0 Å². The Labute approximate surface area is 597 Å². The van der Waals surface area contributed by atoms with Crippen molar-refractivity contribution in [2.24, 2.45) is 23.7 Å². The number of hydrogen-bond acceptors (Lipinski definition) is 20. The second kappa shape index (κ2) is 38.7. The molecule has 0 radical (unpaired) electrons. The number of anilines is 1. The summed E-state index contributed by atoms with van der Waals surface area (Å²) < 4.78 is 0. The molecule has 12 N–H and O–H groups in total. The fourth-order valence-electron chi connectivity index (χ4n) is 12.6. The lowest BCUT2D eigenvalue weighted by Gasteiger charge is -2.33. The van der Waals surface area contributed by atoms with Crippen molar-refractivity contribution in [1.29, 1.82) is 0 Å². The number of carbonyl (C=O) groups excluding carboxylic acids is 7. The molecule has 100 heavy (non-hydrogen) atoms. The molecule has 4 aromatic rings. The minimum absolute atomic E-state index is 0.0366. The van der Waals surface area contributed by atoms with E-state index < -0.39 is 151 Å². The van der Waals surface area contributed by atoms with Crippen LogP contribution < -0.4 is 26.6 Å². The molecule has 3 aliphatic heterocycles. The number of carboxylic acid groups (broad SMARTS) is 4. The lowest BCUT2D eigenvalue weighted by atomic mass is 9.88. The van der Waals surface area contributed by atoms with Gasteiger partial charge in [0.1, 0.15) is 11.8 Å². The minimum Gasteiger partial charge on any atom is -0.506 e. The first-order valence-corrected chi connectivity index (χ1v) is 36.3. The highest BCUT2D eigenvalue weighted by Crippen LogP contribution is 2.31. The quantitative estimate of drug-likeness (QED) is 0.0334. The number of carboxylic acids is 4. The van der Waals surface area contributed by atoms with Gasteiger partial charge >= 0.3 is 23.9 Å². The summed E-state index contributed by atoms with van der Waals surface area (Å²) in [4.78, 5) is 164. The molecule has 0 spiro atoms. The Morgan fingerprint density at radius 1 is 0.740 bits per heavy atom. The number of nitrogens with one attached hydrogen (secondary N) is 6. The number of thiocarbonyl (C=S) groups is 1. The van der Waals surface area contributed by atoms with Gasteiger partial charge in [0, 0.05) is 124 Å². The Hall–Kier alpha value is -8.04. The first-order valence-electron chi connectivity index (χ1n) is 33.0. The van der Waals surface area contributed by atoms with Gasteiger partial charge in [-0.2, -0.15) is 0 Å². The van der Waals surface area contributed by atoms with E-state index in [0.717, 1.165) is 16.0 Å². The number of ketones is 3. The van der Waals surface area contributed by atoms with Crippen LogP contribution in [0.4, 0.5) is 5.69 Å². The Bertz CT molecular complexity index is 3520. The van der Waals surface area contributed by atoms with Crippen LogP contribution in [0.25, 0.3) is 0 Å². The topological polar surface area (TPSA) is 411 Å². The summed E-state index contributed by atoms with van der Waals surface area (Å²) in [5.74, 6) is -13.1. The van der Waals surface area contributed by atoms with Crippen molar-refractivity contribution in [3.8, 4) is 5.75 Å². The van der Waals surface area contributed by atoms with E-state index in [1.807, 2.05) is 32.0 Å². The highest BCUT2D eigenvalue weighted by molar-refractivity contribution is 8.76. The summed E-state index contributed by atoms with van der Waals surface area (Å²) in [6.07, 6.45) is -0.568. The van der Waals surface area contributed by atoms with E-state index in [1.165, 1.54) is 52.3 Å². The number of aliphatic hydroxyl groups is 1. The summed E-state index contributed by atoms with van der Waals surface area (Å²) in [6.45, 7) is 5.19. The average Bonchev–Trinajstić information content (AvgIpc) is 1.63. The van der Waals surface area contributed by atoms with Crippen molar-refractivity contribution in [2.45, 2.75) is 127 Å². The van der Waals surface area contributed by atoms with Crippen LogP contribution in [0.15, 0.2) is 85.3 Å². The van der Waals surface area contributed by atoms with Crippen LogP contribution in [0.1, 0.15) is 81.7 Å². The maximum Gasteiger partial charge on any atom is 0.317 e. The molecular weight excluding hydrogens is 1370 g/mol. The third-order valence-electron chi connectivity index (χ3n) is 17.5. The fraction of sp³-hybridized carbons (Fsp3) is 0.515. The van der Waals surface area contributed by atoms with Gasteiger partial charge in [-0.05, 0) is 91.7 Å². The maximum absolute atomic E-state index is 15.3. The van der Waals surface area contributed by atoms with Crippen molar-refractivity contribution >= 4 is 121 Å². The third-order valence-corrected chi connectivity index (χ3v) is 20.6. The molecule has 542 valence electrons. The number of aromatic hydroxyl groups is 1. The number of nitrogens with zero attached hydrogens (tertiary/aromatic N) is 5. The van der Waals surface area contributed by atoms with Crippen molar-refractivity contribution in [2.75, 3.05) is 75.7 Å². The van der Waals surface area contributed by atoms with Gasteiger partial charge in [-0.3, -0.25) is 67.4 Å². The van der Waals surface area contributed by atoms with Gasteiger partial charge in [-0.1, -0.05) is 95.6 Å². The summed E-state index contributed by atoms with van der Waals surface area (Å²) in [6, 6.07) is 13.8. The van der Waals surface area contributed by atoms with E-state index in [9.17, 15) is 69.0 Å². The lowest BCUT2D eigenvalue weighted by molar-refractivity contribution is -0.142. The number of hydrogen-bond donors (Lipinski definition) is 12. The number of phenolic OH excluding ortho intramolecular Hbond substituents is 1. The second-order valence-corrected chi connectivity index (χ2v) is 29.5. The number of benzene rings is 3. The van der Waals surface area contributed by atoms with Crippen LogP contribution in [-0.4, -0.2) is 243 Å². The number of halogens is 1. The third kappa shape index (κ3) is 25.5. The standard InChI is InChI=1S/C68H88ClN11O17S3/c1-39(2)19-44-25-58(84)53(29-60(86)87)74-65(95)45(20-43-11-14-56(82)51(69)22-43)27-59(85)55-28-50(81)32-80(55)67(97)54(37-100-99-36-40(3)72-64(44)94)75-66(96)46(24-48-30-70-38-71-48)26-57(83)52(23-41-7-5-4-6-8-41)76-68(98)73-47-12-9-42(10-13-47)21-49-31-78(34-62(90)91)16-15-77(33-61(88)89)17-18-79(49)35-63(92)93/h4-14,22,30,38-40,44-46,49-50,52-55,81-82H,15-21,23-29,31-37H2,1-3H3,(H,70,71)(H,72,94)(H,74,95)(H,75,96)(H,86,87)(H,88,89)(H,90,91)(H,92,93)(H2,73,76,98)/t40-,44-,45-,46-,49?,50-,52+,53+,54+,55+/m1/s1. The van der Waals surface area contributed by atoms with Gasteiger partial charge in [0.25, 0.3) is 0 Å². The fourth-order valence-corrected chi connectivity index (χ4v) is 15.5. The number of imidazole rings is 1. The van der Waals surface area contributed by atoms with Crippen LogP contribution >= 0.6 is 45.4 Å². The summed E-state index contributed by atoms with van der Waals surface area (Å²) in [5, 5.41) is 75.4. The highest BCUT2D eigenvalue weighted by atomic mass is 35.5. The maximum atomic E-state index is 15.3. The molecule has 4 amide bonds. The van der Waals surface area contributed by atoms with Crippen LogP contribution in [0.5, 0.6) is 5.75 Å². The molecule has 10 atom stereocenters. The number of amides is 4. The van der Waals surface area contributed by atoms with Gasteiger partial charge < -0.3 is 67.1 Å². The predicted octanol–water partition coefficient (Wildman–Crippen LogP) is 3.31. The molecule has 3 aliphatic rings. The predicted molar refractivity (Wildman–Crippen MR) is 377 cm³/mol. The molecule has 0 saturated carbocycles. The Balaban J connectivity index is 1.14. The Morgan fingerprint density at radius 3 is 2.05 bits per heavy atom. The van der Waals surface area contributed by atoms with Gasteiger partial charge in [-0.25, -0.2) is 4.98 Å². The molecule has 1 unspecified atom stereocenters. The molecule has 4 heterocycles. The Kier molecular flexibility index (Phi) is 30.7. The van der Waals surface area contributed by atoms with Crippen LogP contribution in [0.2, 0.25) is 5.02 Å². The van der Waals surface area contributed by atoms with Gasteiger partial charge in [0.2, 0.25) is 23.6 Å². The molecule has 3 fully saturated rings. The zero-order valence-corrected chi connectivity index (χ0v) is 59.0. The second-order valence-electron chi connectivity index (χ2n) is 26.2. The number of aliphatic hydroxyl groups excluding tert-OH is 1. The molecule has 3 aromatic carbocycles. The number of aromatic nitrogens is 2. The average molecular weight is 1460 g/mol. The highest BCUT2D eigenvalue weighted by Gasteiger charge is 2.44. The van der Waals surface area contributed by atoms with E-state index in [0.29, 0.717) is 23.4 Å². The molecule has 0 aliphatic carbocycles. The van der Waals surface area contributed by atoms with E-state index in [-0.39, 0.29) is 124 Å². The van der Waals surface area contributed by atoms with Gasteiger partial charge in [-0.15, -0.1) is 0 Å². The number of H-pyrrole nitrogens is 1. The van der Waals surface area contributed by atoms with E-state index >= 15 is 14.4 Å². The zero-order chi connectivity index (χ0) is 72.7. The number of aliphatic carboxylic acids is 4. The monoisotopic (exact) mass is 1460 g/mol. The van der Waals surface area contributed by atoms with Gasteiger partial charge in [0.05, 0.1) is 67.6 Å². The number of Topliss-reactive ketones (excluding diaryl/α,β-unsaturated/α-hetero) is 3. The molecule has 3 saturated heterocycles. The van der Waals surface area contributed by atoms with E-state index in [2.05, 4.69) is 36.6 Å². The molecule has 28 nitrogen and oxygen atoms in total. The molecule has 1 aromatic heterocycles. The number of rotatable bonds is 25. The number of aromatic amines is 1.